The van der Waals surface area contributed by atoms with E-state index in [4.69, 9.17) is 5.11 Å². The third-order valence-corrected chi connectivity index (χ3v) is 3.44. The molecule has 1 heterocycles. The number of likely N-dealkylation sites (N-methyl/N-ethyl adjacent to an activating group) is 1. The number of halogens is 1. The summed E-state index contributed by atoms with van der Waals surface area (Å²) in [6.45, 7) is 2.09. The normalized spacial score (nSPS) is 17.5. The van der Waals surface area contributed by atoms with Crippen LogP contribution in [0.2, 0.25) is 0 Å². The molecule has 1 N–H and O–H groups in total. The Morgan fingerprint density at radius 2 is 2.20 bits per heavy atom. The first kappa shape index (κ1) is 10.6. The fraction of sp³-hybridized carbons (Fsp3) is 0.364. The molecule has 0 radical (unpaired) electrons. The van der Waals surface area contributed by atoms with Gasteiger partial charge in [-0.2, -0.15) is 0 Å². The topological polar surface area (TPSA) is 40.5 Å². The molecule has 0 amide bonds. The van der Waals surface area contributed by atoms with Crippen LogP contribution >= 0.6 is 15.9 Å². The minimum Gasteiger partial charge on any atom is -0.478 e. The van der Waals surface area contributed by atoms with Crippen LogP contribution in [0.4, 0.5) is 0 Å². The fourth-order valence-electron chi connectivity index (χ4n) is 1.89. The Bertz CT molecular complexity index is 400. The molecule has 80 valence electrons. The highest BCUT2D eigenvalue weighted by atomic mass is 79.9. The van der Waals surface area contributed by atoms with E-state index in [0.29, 0.717) is 11.5 Å². The van der Waals surface area contributed by atoms with E-state index < -0.39 is 5.97 Å². The molecule has 0 saturated carbocycles. The molecular weight excluding hydrogens is 258 g/mol. The first-order valence-corrected chi connectivity index (χ1v) is 5.58. The van der Waals surface area contributed by atoms with Crippen molar-refractivity contribution in [2.45, 2.75) is 5.92 Å². The summed E-state index contributed by atoms with van der Waals surface area (Å²) in [5, 5.41) is 8.82. The molecule has 1 aliphatic rings. The fourth-order valence-corrected chi connectivity index (χ4v) is 2.59. The van der Waals surface area contributed by atoms with Crippen molar-refractivity contribution in [1.29, 1.82) is 0 Å². The number of rotatable bonds is 2. The van der Waals surface area contributed by atoms with Gasteiger partial charge in [0.05, 0.1) is 5.56 Å². The predicted molar refractivity (Wildman–Crippen MR) is 61.3 cm³/mol. The second kappa shape index (κ2) is 3.94. The molecule has 15 heavy (non-hydrogen) atoms. The van der Waals surface area contributed by atoms with E-state index >= 15 is 0 Å². The van der Waals surface area contributed by atoms with Crippen LogP contribution in [0.5, 0.6) is 0 Å². The second-order valence-electron chi connectivity index (χ2n) is 3.96. The number of aromatic carboxylic acids is 1. The van der Waals surface area contributed by atoms with E-state index in [2.05, 4.69) is 27.9 Å². The number of likely N-dealkylation sites (tertiary alicyclic amines) is 1. The van der Waals surface area contributed by atoms with Crippen molar-refractivity contribution in [2.24, 2.45) is 0 Å². The lowest BCUT2D eigenvalue weighted by atomic mass is 9.91. The van der Waals surface area contributed by atoms with Crippen molar-refractivity contribution in [2.75, 3.05) is 20.1 Å². The number of carboxylic acid groups (broad SMARTS) is 1. The van der Waals surface area contributed by atoms with Gasteiger partial charge >= 0.3 is 5.97 Å². The molecule has 3 nitrogen and oxygen atoms in total. The number of hydrogen-bond acceptors (Lipinski definition) is 2. The zero-order valence-electron chi connectivity index (χ0n) is 8.40. The van der Waals surface area contributed by atoms with Crippen molar-refractivity contribution >= 4 is 21.9 Å². The molecular formula is C11H12BrNO2. The van der Waals surface area contributed by atoms with Gasteiger partial charge in [0.15, 0.2) is 0 Å². The summed E-state index contributed by atoms with van der Waals surface area (Å²) in [6.07, 6.45) is 0. The minimum atomic E-state index is -0.882. The van der Waals surface area contributed by atoms with Crippen LogP contribution in [0.1, 0.15) is 21.8 Å². The highest BCUT2D eigenvalue weighted by Crippen LogP contribution is 2.31. The Hall–Kier alpha value is -0.870. The molecule has 1 aromatic carbocycles. The molecule has 0 aromatic heterocycles. The highest BCUT2D eigenvalue weighted by molar-refractivity contribution is 9.10. The van der Waals surface area contributed by atoms with Gasteiger partial charge in [0.2, 0.25) is 0 Å². The molecule has 0 spiro atoms. The average molecular weight is 270 g/mol. The standard InChI is InChI=1S/C11H12BrNO2/c1-13-5-8(6-13)9-3-2-7(11(14)15)4-10(9)12/h2-4,8H,5-6H2,1H3,(H,14,15). The minimum absolute atomic E-state index is 0.332. The van der Waals surface area contributed by atoms with Crippen LogP contribution in [0.3, 0.4) is 0 Å². The lowest BCUT2D eigenvalue weighted by Gasteiger charge is -2.37. The second-order valence-corrected chi connectivity index (χ2v) is 4.81. The summed E-state index contributed by atoms with van der Waals surface area (Å²) < 4.78 is 0.903. The SMILES string of the molecule is CN1CC(c2ccc(C(=O)O)cc2Br)C1. The van der Waals surface area contributed by atoms with Gasteiger partial charge in [-0.05, 0) is 24.7 Å². The van der Waals surface area contributed by atoms with Crippen molar-refractivity contribution < 1.29 is 9.90 Å². The van der Waals surface area contributed by atoms with E-state index in [1.807, 2.05) is 6.07 Å². The predicted octanol–water partition coefficient (Wildman–Crippen LogP) is 2.18. The van der Waals surface area contributed by atoms with E-state index in [1.54, 1.807) is 12.1 Å². The Morgan fingerprint density at radius 1 is 1.53 bits per heavy atom. The van der Waals surface area contributed by atoms with Gasteiger partial charge in [0.25, 0.3) is 0 Å². The molecule has 1 aromatic rings. The summed E-state index contributed by atoms with van der Waals surface area (Å²) in [5.41, 5.74) is 1.54. The first-order valence-electron chi connectivity index (χ1n) is 4.79. The van der Waals surface area contributed by atoms with Crippen LogP contribution in [0.15, 0.2) is 22.7 Å². The molecule has 1 fully saturated rings. The highest BCUT2D eigenvalue weighted by Gasteiger charge is 2.26. The van der Waals surface area contributed by atoms with Crippen molar-refractivity contribution in [3.8, 4) is 0 Å². The maximum Gasteiger partial charge on any atom is 0.335 e. The summed E-state index contributed by atoms with van der Waals surface area (Å²) in [4.78, 5) is 13.0. The molecule has 0 aliphatic carbocycles. The molecule has 1 aliphatic heterocycles. The number of nitrogens with zero attached hydrogens (tertiary/aromatic N) is 1. The Morgan fingerprint density at radius 3 is 2.67 bits per heavy atom. The Labute approximate surface area is 96.8 Å². The van der Waals surface area contributed by atoms with Gasteiger partial charge in [0.1, 0.15) is 0 Å². The van der Waals surface area contributed by atoms with Crippen molar-refractivity contribution in [3.63, 3.8) is 0 Å². The smallest absolute Gasteiger partial charge is 0.335 e. The van der Waals surface area contributed by atoms with Crippen LogP contribution < -0.4 is 0 Å². The number of carboxylic acids is 1. The molecule has 0 atom stereocenters. The van der Waals surface area contributed by atoms with E-state index in [0.717, 1.165) is 17.6 Å². The Balaban J connectivity index is 2.23. The maximum atomic E-state index is 10.7. The van der Waals surface area contributed by atoms with Gasteiger partial charge in [-0.3, -0.25) is 0 Å². The number of hydrogen-bond donors (Lipinski definition) is 1. The lowest BCUT2D eigenvalue weighted by molar-refractivity contribution is 0.0696. The van der Waals surface area contributed by atoms with Crippen LogP contribution in [0, 0.1) is 0 Å². The maximum absolute atomic E-state index is 10.7. The summed E-state index contributed by atoms with van der Waals surface area (Å²) in [5.74, 6) is -0.347. The van der Waals surface area contributed by atoms with Gasteiger partial charge in [0, 0.05) is 23.5 Å². The van der Waals surface area contributed by atoms with Crippen molar-refractivity contribution in [1.82, 2.24) is 4.90 Å². The van der Waals surface area contributed by atoms with E-state index in [9.17, 15) is 4.79 Å². The van der Waals surface area contributed by atoms with Gasteiger partial charge in [-0.15, -0.1) is 0 Å². The van der Waals surface area contributed by atoms with Gasteiger partial charge in [-0.1, -0.05) is 22.0 Å². The van der Waals surface area contributed by atoms with Crippen LogP contribution in [-0.4, -0.2) is 36.1 Å². The zero-order valence-corrected chi connectivity index (χ0v) is 9.99. The van der Waals surface area contributed by atoms with Gasteiger partial charge in [-0.25, -0.2) is 4.79 Å². The molecule has 0 unspecified atom stereocenters. The quantitative estimate of drug-likeness (QED) is 0.895. The van der Waals surface area contributed by atoms with E-state index in [1.165, 1.54) is 5.56 Å². The van der Waals surface area contributed by atoms with Crippen molar-refractivity contribution in [3.05, 3.63) is 33.8 Å². The Kier molecular flexibility index (Phi) is 2.80. The van der Waals surface area contributed by atoms with Crippen LogP contribution in [-0.2, 0) is 0 Å². The summed E-state index contributed by atoms with van der Waals surface area (Å²) >= 11 is 3.43. The molecule has 0 bridgehead atoms. The number of carbonyl (C=O) groups is 1. The monoisotopic (exact) mass is 269 g/mol. The third kappa shape index (κ3) is 2.06. The van der Waals surface area contributed by atoms with Crippen LogP contribution in [0.25, 0.3) is 0 Å². The zero-order chi connectivity index (χ0) is 11.0. The number of benzene rings is 1. The summed E-state index contributed by atoms with van der Waals surface area (Å²) in [7, 11) is 2.08. The molecule has 4 heteroatoms. The van der Waals surface area contributed by atoms with Gasteiger partial charge < -0.3 is 10.0 Å². The molecule has 2 rings (SSSR count). The third-order valence-electron chi connectivity index (χ3n) is 2.75. The lowest BCUT2D eigenvalue weighted by Crippen LogP contribution is -2.41. The van der Waals surface area contributed by atoms with E-state index in [-0.39, 0.29) is 0 Å². The summed E-state index contributed by atoms with van der Waals surface area (Å²) in [6, 6.07) is 5.25. The largest absolute Gasteiger partial charge is 0.478 e. The molecule has 1 saturated heterocycles. The average Bonchev–Trinajstić information content (AvgIpc) is 2.13. The first-order chi connectivity index (χ1) is 7.08.